The van der Waals surface area contributed by atoms with E-state index in [2.05, 4.69) is 22.2 Å². The minimum absolute atomic E-state index is 0.0932. The van der Waals surface area contributed by atoms with Crippen LogP contribution in [0.15, 0.2) is 12.4 Å². The SMILES string of the molecule is CCc1cnc(CN(C)C(=O)NCc2cnc(C)s2)s1. The van der Waals surface area contributed by atoms with Crippen LogP contribution in [0.2, 0.25) is 0 Å². The van der Waals surface area contributed by atoms with Crippen molar-refractivity contribution >= 4 is 28.7 Å². The monoisotopic (exact) mass is 310 g/mol. The number of nitrogens with zero attached hydrogens (tertiary/aromatic N) is 3. The summed E-state index contributed by atoms with van der Waals surface area (Å²) in [6, 6.07) is -0.0932. The molecule has 5 nitrogen and oxygen atoms in total. The summed E-state index contributed by atoms with van der Waals surface area (Å²) in [7, 11) is 1.78. The van der Waals surface area contributed by atoms with Crippen LogP contribution >= 0.6 is 22.7 Å². The number of carbonyl (C=O) groups excluding carboxylic acids is 1. The molecule has 7 heteroatoms. The van der Waals surface area contributed by atoms with Gasteiger partial charge in [-0.25, -0.2) is 14.8 Å². The molecule has 2 aromatic heterocycles. The number of thiazole rings is 2. The highest BCUT2D eigenvalue weighted by atomic mass is 32.1. The predicted molar refractivity (Wildman–Crippen MR) is 82.0 cm³/mol. The fourth-order valence-electron chi connectivity index (χ4n) is 1.64. The number of aromatic nitrogens is 2. The number of carbonyl (C=O) groups is 1. The molecule has 0 atom stereocenters. The van der Waals surface area contributed by atoms with E-state index in [-0.39, 0.29) is 6.03 Å². The van der Waals surface area contributed by atoms with Crippen molar-refractivity contribution in [3.63, 3.8) is 0 Å². The molecule has 0 aliphatic rings. The van der Waals surface area contributed by atoms with Crippen LogP contribution in [0.3, 0.4) is 0 Å². The summed E-state index contributed by atoms with van der Waals surface area (Å²) >= 11 is 3.25. The van der Waals surface area contributed by atoms with E-state index in [0.29, 0.717) is 13.1 Å². The lowest BCUT2D eigenvalue weighted by molar-refractivity contribution is 0.206. The van der Waals surface area contributed by atoms with Gasteiger partial charge in [0.1, 0.15) is 5.01 Å². The van der Waals surface area contributed by atoms with Crippen molar-refractivity contribution in [3.8, 4) is 0 Å². The fourth-order valence-corrected chi connectivity index (χ4v) is 3.29. The first-order chi connectivity index (χ1) is 9.58. The number of amides is 2. The van der Waals surface area contributed by atoms with Gasteiger partial charge in [0.15, 0.2) is 0 Å². The first-order valence-corrected chi connectivity index (χ1v) is 8.05. The standard InChI is InChI=1S/C13H18N4OS2/c1-4-10-5-15-12(20-10)8-17(3)13(18)16-7-11-6-14-9(2)19-11/h5-6H,4,7-8H2,1-3H3,(H,16,18). The summed E-state index contributed by atoms with van der Waals surface area (Å²) in [6.45, 7) is 5.12. The van der Waals surface area contributed by atoms with Gasteiger partial charge in [0, 0.05) is 29.2 Å². The summed E-state index contributed by atoms with van der Waals surface area (Å²) < 4.78 is 0. The van der Waals surface area contributed by atoms with E-state index in [0.717, 1.165) is 21.3 Å². The first-order valence-electron chi connectivity index (χ1n) is 6.42. The second-order valence-electron chi connectivity index (χ2n) is 4.43. The van der Waals surface area contributed by atoms with Crippen LogP contribution in [0.4, 0.5) is 4.79 Å². The topological polar surface area (TPSA) is 58.1 Å². The van der Waals surface area contributed by atoms with E-state index >= 15 is 0 Å². The van der Waals surface area contributed by atoms with Gasteiger partial charge in [0.25, 0.3) is 0 Å². The molecule has 0 aromatic carbocycles. The molecule has 0 bridgehead atoms. The van der Waals surface area contributed by atoms with Gasteiger partial charge in [-0.1, -0.05) is 6.92 Å². The normalized spacial score (nSPS) is 10.6. The molecule has 0 unspecified atom stereocenters. The Bertz CT molecular complexity index is 578. The number of aryl methyl sites for hydroxylation is 2. The number of rotatable bonds is 5. The zero-order chi connectivity index (χ0) is 14.5. The molecule has 20 heavy (non-hydrogen) atoms. The second kappa shape index (κ2) is 6.81. The van der Waals surface area contributed by atoms with E-state index in [1.807, 2.05) is 13.1 Å². The van der Waals surface area contributed by atoms with Crippen molar-refractivity contribution in [2.45, 2.75) is 33.4 Å². The van der Waals surface area contributed by atoms with Crippen LogP contribution in [0.25, 0.3) is 0 Å². The average molecular weight is 310 g/mol. The zero-order valence-corrected chi connectivity index (χ0v) is 13.5. The average Bonchev–Trinajstić information content (AvgIpc) is 3.04. The molecule has 0 aliphatic carbocycles. The third-order valence-corrected chi connectivity index (χ3v) is 4.79. The highest BCUT2D eigenvalue weighted by Crippen LogP contribution is 2.15. The Balaban J connectivity index is 1.82. The lowest BCUT2D eigenvalue weighted by Crippen LogP contribution is -2.36. The second-order valence-corrected chi connectivity index (χ2v) is 6.95. The summed E-state index contributed by atoms with van der Waals surface area (Å²) in [5.41, 5.74) is 0. The molecule has 0 saturated carbocycles. The van der Waals surface area contributed by atoms with Crippen molar-refractivity contribution in [3.05, 3.63) is 32.2 Å². The Kier molecular flexibility index (Phi) is 5.08. The van der Waals surface area contributed by atoms with Crippen LogP contribution in [0, 0.1) is 6.92 Å². The van der Waals surface area contributed by atoms with Gasteiger partial charge in [0.05, 0.1) is 18.1 Å². The molecule has 1 N–H and O–H groups in total. The third-order valence-electron chi connectivity index (χ3n) is 2.75. The van der Waals surface area contributed by atoms with E-state index in [1.54, 1.807) is 40.8 Å². The van der Waals surface area contributed by atoms with Crippen molar-refractivity contribution < 1.29 is 4.79 Å². The van der Waals surface area contributed by atoms with Crippen molar-refractivity contribution in [2.24, 2.45) is 0 Å². The predicted octanol–water partition coefficient (Wildman–Crippen LogP) is 2.81. The van der Waals surface area contributed by atoms with Crippen LogP contribution in [-0.4, -0.2) is 27.9 Å². The summed E-state index contributed by atoms with van der Waals surface area (Å²) in [5, 5.41) is 4.86. The zero-order valence-electron chi connectivity index (χ0n) is 11.8. The summed E-state index contributed by atoms with van der Waals surface area (Å²) in [5.74, 6) is 0. The van der Waals surface area contributed by atoms with Crippen LogP contribution in [0.1, 0.15) is 26.7 Å². The van der Waals surface area contributed by atoms with Crippen molar-refractivity contribution in [1.29, 1.82) is 0 Å². The van der Waals surface area contributed by atoms with E-state index in [9.17, 15) is 4.79 Å². The molecular formula is C13H18N4OS2. The Hall–Kier alpha value is -1.47. The Labute approximate surface area is 126 Å². The highest BCUT2D eigenvalue weighted by molar-refractivity contribution is 7.11. The quantitative estimate of drug-likeness (QED) is 0.924. The van der Waals surface area contributed by atoms with Gasteiger partial charge in [-0.2, -0.15) is 0 Å². The van der Waals surface area contributed by atoms with E-state index in [4.69, 9.17) is 0 Å². The van der Waals surface area contributed by atoms with Crippen molar-refractivity contribution in [2.75, 3.05) is 7.05 Å². The van der Waals surface area contributed by atoms with Gasteiger partial charge in [-0.05, 0) is 13.3 Å². The number of nitrogens with one attached hydrogen (secondary N) is 1. The molecule has 0 aliphatic heterocycles. The molecule has 0 saturated heterocycles. The lowest BCUT2D eigenvalue weighted by Gasteiger charge is -2.16. The van der Waals surface area contributed by atoms with Crippen LogP contribution in [-0.2, 0) is 19.5 Å². The maximum absolute atomic E-state index is 12.0. The molecular weight excluding hydrogens is 292 g/mol. The number of hydrogen-bond donors (Lipinski definition) is 1. The van der Waals surface area contributed by atoms with E-state index in [1.165, 1.54) is 4.88 Å². The molecule has 0 spiro atoms. The first kappa shape index (κ1) is 14.9. The molecule has 2 amide bonds. The molecule has 0 fully saturated rings. The Morgan fingerprint density at radius 1 is 1.30 bits per heavy atom. The smallest absolute Gasteiger partial charge is 0.317 e. The summed E-state index contributed by atoms with van der Waals surface area (Å²) in [6.07, 6.45) is 4.67. The maximum atomic E-state index is 12.0. The largest absolute Gasteiger partial charge is 0.333 e. The van der Waals surface area contributed by atoms with Crippen LogP contribution in [0.5, 0.6) is 0 Å². The minimum Gasteiger partial charge on any atom is -0.333 e. The van der Waals surface area contributed by atoms with Gasteiger partial charge >= 0.3 is 6.03 Å². The third kappa shape index (κ3) is 4.01. The number of urea groups is 1. The number of hydrogen-bond acceptors (Lipinski definition) is 5. The Morgan fingerprint density at radius 3 is 2.65 bits per heavy atom. The highest BCUT2D eigenvalue weighted by Gasteiger charge is 2.11. The van der Waals surface area contributed by atoms with Gasteiger partial charge in [-0.15, -0.1) is 22.7 Å². The summed E-state index contributed by atoms with van der Waals surface area (Å²) in [4.78, 5) is 24.4. The van der Waals surface area contributed by atoms with Gasteiger partial charge < -0.3 is 10.2 Å². The molecule has 108 valence electrons. The minimum atomic E-state index is -0.0932. The van der Waals surface area contributed by atoms with E-state index < -0.39 is 0 Å². The fraction of sp³-hybridized carbons (Fsp3) is 0.462. The van der Waals surface area contributed by atoms with Crippen LogP contribution < -0.4 is 5.32 Å². The van der Waals surface area contributed by atoms with Gasteiger partial charge in [-0.3, -0.25) is 0 Å². The molecule has 2 heterocycles. The molecule has 2 rings (SSSR count). The Morgan fingerprint density at radius 2 is 2.05 bits per heavy atom. The lowest BCUT2D eigenvalue weighted by atomic mass is 10.4. The molecule has 0 radical (unpaired) electrons. The molecule has 2 aromatic rings. The van der Waals surface area contributed by atoms with Gasteiger partial charge in [0.2, 0.25) is 0 Å². The van der Waals surface area contributed by atoms with Crippen molar-refractivity contribution in [1.82, 2.24) is 20.2 Å². The maximum Gasteiger partial charge on any atom is 0.317 e.